The van der Waals surface area contributed by atoms with Crippen LogP contribution < -0.4 is 15.6 Å². The zero-order chi connectivity index (χ0) is 15.5. The highest BCUT2D eigenvalue weighted by Gasteiger charge is 2.24. The molecule has 3 N–H and O–H groups in total. The van der Waals surface area contributed by atoms with Crippen molar-refractivity contribution in [2.24, 2.45) is 5.84 Å². The minimum absolute atomic E-state index is 0.0246. The molecule has 1 aromatic heterocycles. The number of benzene rings is 1. The first-order valence-electron chi connectivity index (χ1n) is 6.20. The van der Waals surface area contributed by atoms with E-state index in [-0.39, 0.29) is 22.9 Å². The fourth-order valence-electron chi connectivity index (χ4n) is 1.90. The van der Waals surface area contributed by atoms with Gasteiger partial charge in [-0.3, -0.25) is 4.31 Å². The van der Waals surface area contributed by atoms with E-state index in [1.807, 2.05) is 0 Å². The highest BCUT2D eigenvalue weighted by Crippen LogP contribution is 2.24. The van der Waals surface area contributed by atoms with Gasteiger partial charge in [-0.15, -0.1) is 0 Å². The van der Waals surface area contributed by atoms with Gasteiger partial charge in [0.1, 0.15) is 11.6 Å². The van der Waals surface area contributed by atoms with Crippen molar-refractivity contribution in [3.05, 3.63) is 48.4 Å². The first-order chi connectivity index (χ1) is 9.98. The van der Waals surface area contributed by atoms with Gasteiger partial charge in [-0.05, 0) is 31.2 Å². The lowest BCUT2D eigenvalue weighted by molar-refractivity contribution is 0.591. The maximum absolute atomic E-state index is 13.3. The predicted molar refractivity (Wildman–Crippen MR) is 78.7 cm³/mol. The Morgan fingerprint density at radius 1 is 1.33 bits per heavy atom. The van der Waals surface area contributed by atoms with Gasteiger partial charge in [-0.1, -0.05) is 6.07 Å². The zero-order valence-electron chi connectivity index (χ0n) is 11.3. The van der Waals surface area contributed by atoms with Gasteiger partial charge in [-0.2, -0.15) is 0 Å². The molecule has 1 aromatic carbocycles. The largest absolute Gasteiger partial charge is 0.308 e. The standard InChI is InChI=1S/C13H15FN4O2S/c1-2-18(11-5-3-4-10(14)8-11)21(19,20)12-6-7-16-13(9-12)17-15/h3-9H,2,15H2,1H3,(H,16,17). The molecule has 0 spiro atoms. The van der Waals surface area contributed by atoms with Crippen LogP contribution in [0.2, 0.25) is 0 Å². The molecule has 1 heterocycles. The normalized spacial score (nSPS) is 11.2. The van der Waals surface area contributed by atoms with E-state index in [2.05, 4.69) is 10.4 Å². The SMILES string of the molecule is CCN(c1cccc(F)c1)S(=O)(=O)c1ccnc(NN)c1. The van der Waals surface area contributed by atoms with Crippen molar-refractivity contribution in [2.75, 3.05) is 16.3 Å². The van der Waals surface area contributed by atoms with Crippen molar-refractivity contribution in [1.29, 1.82) is 0 Å². The summed E-state index contributed by atoms with van der Waals surface area (Å²) in [5, 5.41) is 0. The third-order valence-electron chi connectivity index (χ3n) is 2.85. The fourth-order valence-corrected chi connectivity index (χ4v) is 3.38. The summed E-state index contributed by atoms with van der Waals surface area (Å²) in [5.41, 5.74) is 2.55. The summed E-state index contributed by atoms with van der Waals surface area (Å²) in [6, 6.07) is 8.10. The Morgan fingerprint density at radius 3 is 2.71 bits per heavy atom. The van der Waals surface area contributed by atoms with E-state index >= 15 is 0 Å². The van der Waals surface area contributed by atoms with Gasteiger partial charge in [0, 0.05) is 18.8 Å². The number of aromatic nitrogens is 1. The van der Waals surface area contributed by atoms with Crippen LogP contribution in [0.5, 0.6) is 0 Å². The molecule has 0 amide bonds. The maximum atomic E-state index is 13.3. The minimum atomic E-state index is -3.82. The first-order valence-corrected chi connectivity index (χ1v) is 7.64. The number of rotatable bonds is 5. The topological polar surface area (TPSA) is 88.3 Å². The number of nitrogens with two attached hydrogens (primary N) is 1. The summed E-state index contributed by atoms with van der Waals surface area (Å²) >= 11 is 0. The van der Waals surface area contributed by atoms with E-state index in [0.717, 1.165) is 4.31 Å². The molecule has 0 aliphatic rings. The molecular weight excluding hydrogens is 295 g/mol. The van der Waals surface area contributed by atoms with Gasteiger partial charge in [0.05, 0.1) is 10.6 Å². The summed E-state index contributed by atoms with van der Waals surface area (Å²) in [6.07, 6.45) is 1.33. The number of nitrogens with zero attached hydrogens (tertiary/aromatic N) is 2. The smallest absolute Gasteiger partial charge is 0.264 e. The third-order valence-corrected chi connectivity index (χ3v) is 4.75. The molecule has 0 atom stereocenters. The molecule has 0 saturated carbocycles. The number of hydrazine groups is 1. The predicted octanol–water partition coefficient (Wildman–Crippen LogP) is 1.72. The zero-order valence-corrected chi connectivity index (χ0v) is 12.1. The second kappa shape index (κ2) is 6.06. The molecule has 2 rings (SSSR count). The molecule has 8 heteroatoms. The van der Waals surface area contributed by atoms with Gasteiger partial charge >= 0.3 is 0 Å². The highest BCUT2D eigenvalue weighted by atomic mass is 32.2. The number of nitrogen functional groups attached to an aromatic ring is 1. The summed E-state index contributed by atoms with van der Waals surface area (Å²) in [4.78, 5) is 3.89. The number of hydrogen-bond donors (Lipinski definition) is 2. The minimum Gasteiger partial charge on any atom is -0.308 e. The molecule has 0 bridgehead atoms. The van der Waals surface area contributed by atoms with Crippen molar-refractivity contribution in [3.8, 4) is 0 Å². The monoisotopic (exact) mass is 310 g/mol. The molecule has 0 aliphatic heterocycles. The lowest BCUT2D eigenvalue weighted by Gasteiger charge is -2.23. The summed E-state index contributed by atoms with van der Waals surface area (Å²) < 4.78 is 39.7. The third kappa shape index (κ3) is 3.11. The number of pyridine rings is 1. The lowest BCUT2D eigenvalue weighted by Crippen LogP contribution is -2.31. The van der Waals surface area contributed by atoms with Gasteiger partial charge < -0.3 is 5.43 Å². The summed E-state index contributed by atoms with van der Waals surface area (Å²) in [6.45, 7) is 1.84. The molecule has 0 saturated heterocycles. The first kappa shape index (κ1) is 15.2. The van der Waals surface area contributed by atoms with Crippen molar-refractivity contribution < 1.29 is 12.8 Å². The molecule has 0 aliphatic carbocycles. The van der Waals surface area contributed by atoms with Crippen molar-refractivity contribution in [2.45, 2.75) is 11.8 Å². The molecular formula is C13H15FN4O2S. The van der Waals surface area contributed by atoms with E-state index in [1.54, 1.807) is 6.92 Å². The van der Waals surface area contributed by atoms with Gasteiger partial charge in [0.2, 0.25) is 0 Å². The summed E-state index contributed by atoms with van der Waals surface area (Å²) in [7, 11) is -3.82. The molecule has 2 aromatic rings. The highest BCUT2D eigenvalue weighted by molar-refractivity contribution is 7.92. The van der Waals surface area contributed by atoms with Crippen LogP contribution >= 0.6 is 0 Å². The maximum Gasteiger partial charge on any atom is 0.264 e. The average Bonchev–Trinajstić information content (AvgIpc) is 2.48. The van der Waals surface area contributed by atoms with Crippen molar-refractivity contribution >= 4 is 21.5 Å². The number of anilines is 2. The summed E-state index contributed by atoms with van der Waals surface area (Å²) in [5.74, 6) is 4.96. The van der Waals surface area contributed by atoms with E-state index in [4.69, 9.17) is 5.84 Å². The van der Waals surface area contributed by atoms with E-state index in [9.17, 15) is 12.8 Å². The Hall–Kier alpha value is -2.19. The second-order valence-corrected chi connectivity index (χ2v) is 6.03. The molecule has 0 unspecified atom stereocenters. The van der Waals surface area contributed by atoms with E-state index in [1.165, 1.54) is 42.6 Å². The van der Waals surface area contributed by atoms with Crippen LogP contribution in [0.3, 0.4) is 0 Å². The Balaban J connectivity index is 2.49. The fraction of sp³-hybridized carbons (Fsp3) is 0.154. The molecule has 0 radical (unpaired) electrons. The average molecular weight is 310 g/mol. The van der Waals surface area contributed by atoms with Crippen molar-refractivity contribution in [1.82, 2.24) is 4.98 Å². The number of hydrogen-bond acceptors (Lipinski definition) is 5. The van der Waals surface area contributed by atoms with Gasteiger partial charge in [0.15, 0.2) is 0 Å². The van der Waals surface area contributed by atoms with E-state index in [0.29, 0.717) is 0 Å². The van der Waals surface area contributed by atoms with Gasteiger partial charge in [0.25, 0.3) is 10.0 Å². The van der Waals surface area contributed by atoms with Crippen LogP contribution in [0.1, 0.15) is 6.92 Å². The number of nitrogens with one attached hydrogen (secondary N) is 1. The van der Waals surface area contributed by atoms with Crippen LogP contribution in [0.25, 0.3) is 0 Å². The Bertz CT molecular complexity index is 736. The van der Waals surface area contributed by atoms with Crippen LogP contribution in [-0.2, 0) is 10.0 Å². The number of halogens is 1. The van der Waals surface area contributed by atoms with Crippen LogP contribution in [0.15, 0.2) is 47.5 Å². The van der Waals surface area contributed by atoms with E-state index < -0.39 is 15.8 Å². The lowest BCUT2D eigenvalue weighted by atomic mass is 10.3. The van der Waals surface area contributed by atoms with Crippen LogP contribution in [0.4, 0.5) is 15.9 Å². The Kier molecular flexibility index (Phi) is 4.39. The van der Waals surface area contributed by atoms with Crippen LogP contribution in [0, 0.1) is 5.82 Å². The van der Waals surface area contributed by atoms with Crippen molar-refractivity contribution in [3.63, 3.8) is 0 Å². The quantitative estimate of drug-likeness (QED) is 0.648. The van der Waals surface area contributed by atoms with Crippen LogP contribution in [-0.4, -0.2) is 19.9 Å². The number of sulfonamides is 1. The Morgan fingerprint density at radius 2 is 2.10 bits per heavy atom. The molecule has 21 heavy (non-hydrogen) atoms. The molecule has 0 fully saturated rings. The Labute approximate surface area is 122 Å². The van der Waals surface area contributed by atoms with Gasteiger partial charge in [-0.25, -0.2) is 23.6 Å². The molecule has 112 valence electrons. The molecule has 6 nitrogen and oxygen atoms in total. The second-order valence-electron chi connectivity index (χ2n) is 4.17.